The molecule has 1 rings (SSSR count). The van der Waals surface area contributed by atoms with Gasteiger partial charge >= 0.3 is 0 Å². The van der Waals surface area contributed by atoms with Crippen LogP contribution in [0.25, 0.3) is 12.2 Å². The minimum Gasteiger partial charge on any atom is -0.144 e. The molecule has 0 saturated carbocycles. The molecule has 1 aromatic rings. The zero-order valence-electron chi connectivity index (χ0n) is 6.00. The van der Waals surface area contributed by atoms with Crippen LogP contribution in [0.3, 0.4) is 0 Å². The van der Waals surface area contributed by atoms with Gasteiger partial charge in [0, 0.05) is 4.53 Å². The van der Waals surface area contributed by atoms with Crippen LogP contribution in [0.2, 0.25) is 0 Å². The van der Waals surface area contributed by atoms with Gasteiger partial charge in [-0.15, -0.1) is 11.3 Å². The summed E-state index contributed by atoms with van der Waals surface area (Å²) < 4.78 is 1.32. The Hall–Kier alpha value is -0.820. The van der Waals surface area contributed by atoms with Crippen molar-refractivity contribution in [2.75, 3.05) is 0 Å². The summed E-state index contributed by atoms with van der Waals surface area (Å²) in [5, 5.41) is 3.35. The highest BCUT2D eigenvalue weighted by atomic mass is 32.1. The molecule has 0 nitrogen and oxygen atoms in total. The van der Waals surface area contributed by atoms with E-state index in [0.717, 1.165) is 0 Å². The lowest BCUT2D eigenvalue weighted by Crippen LogP contribution is -2.15. The van der Waals surface area contributed by atoms with Crippen LogP contribution in [0.15, 0.2) is 24.1 Å². The van der Waals surface area contributed by atoms with Crippen LogP contribution >= 0.6 is 11.3 Å². The lowest BCUT2D eigenvalue weighted by molar-refractivity contribution is 1.70. The number of hydrogen-bond donors (Lipinski definition) is 0. The average Bonchev–Trinajstić information content (AvgIpc) is 2.36. The van der Waals surface area contributed by atoms with Gasteiger partial charge in [0.25, 0.3) is 0 Å². The van der Waals surface area contributed by atoms with Crippen molar-refractivity contribution in [2.24, 2.45) is 0 Å². The van der Waals surface area contributed by atoms with E-state index in [9.17, 15) is 0 Å². The molecule has 0 aliphatic heterocycles. The van der Waals surface area contributed by atoms with Gasteiger partial charge in [0.05, 0.1) is 0 Å². The lowest BCUT2D eigenvalue weighted by atomic mass is 10.4. The van der Waals surface area contributed by atoms with Gasteiger partial charge in [-0.05, 0) is 23.6 Å². The van der Waals surface area contributed by atoms with Gasteiger partial charge in [-0.2, -0.15) is 0 Å². The van der Waals surface area contributed by atoms with Gasteiger partial charge in [0.1, 0.15) is 0 Å². The minimum absolute atomic E-state index is 1.27. The normalized spacial score (nSPS) is 14.1. The van der Waals surface area contributed by atoms with Gasteiger partial charge in [-0.25, -0.2) is 0 Å². The molecule has 0 spiro atoms. The molecule has 52 valence electrons. The van der Waals surface area contributed by atoms with E-state index >= 15 is 0 Å². The Morgan fingerprint density at radius 2 is 2.40 bits per heavy atom. The van der Waals surface area contributed by atoms with Crippen molar-refractivity contribution >= 4 is 23.5 Å². The van der Waals surface area contributed by atoms with Crippen molar-refractivity contribution in [2.45, 2.75) is 6.92 Å². The quantitative estimate of drug-likeness (QED) is 0.569. The molecule has 0 aliphatic rings. The summed E-state index contributed by atoms with van der Waals surface area (Å²) in [5.74, 6) is 0. The summed E-state index contributed by atoms with van der Waals surface area (Å²) in [6.45, 7) is 5.69. The number of thiophene rings is 1. The van der Waals surface area contributed by atoms with E-state index in [0.29, 0.717) is 0 Å². The molecule has 0 aliphatic carbocycles. The summed E-state index contributed by atoms with van der Waals surface area (Å²) in [4.78, 5) is 0. The second-order valence-electron chi connectivity index (χ2n) is 1.93. The van der Waals surface area contributed by atoms with Crippen molar-refractivity contribution < 1.29 is 0 Å². The van der Waals surface area contributed by atoms with Crippen molar-refractivity contribution in [1.29, 1.82) is 0 Å². The molecule has 1 aromatic heterocycles. The molecular formula is C9H10S. The van der Waals surface area contributed by atoms with Gasteiger partial charge in [0.2, 0.25) is 0 Å². The van der Waals surface area contributed by atoms with Crippen LogP contribution in [0.1, 0.15) is 6.92 Å². The van der Waals surface area contributed by atoms with Gasteiger partial charge in [0.15, 0.2) is 0 Å². The molecule has 0 fully saturated rings. The first-order valence-electron chi connectivity index (χ1n) is 3.21. The van der Waals surface area contributed by atoms with Crippen molar-refractivity contribution in [3.63, 3.8) is 0 Å². The first-order valence-corrected chi connectivity index (χ1v) is 4.09. The maximum absolute atomic E-state index is 3.65. The molecule has 1 heteroatoms. The fraction of sp³-hybridized carbons (Fsp3) is 0.111. The standard InChI is InChI=1S/C9H10S/c1-3-5-8-6-7-10-9(8)4-2/h3-7H,1H2,2H3/b8-5-,9-4+. The molecular weight excluding hydrogens is 140 g/mol. The maximum Gasteiger partial charge on any atom is 0.0300 e. The van der Waals surface area contributed by atoms with E-state index in [-0.39, 0.29) is 0 Å². The highest BCUT2D eigenvalue weighted by Crippen LogP contribution is 1.80. The monoisotopic (exact) mass is 150 g/mol. The second-order valence-corrected chi connectivity index (χ2v) is 2.88. The van der Waals surface area contributed by atoms with E-state index in [1.807, 2.05) is 19.1 Å². The number of allylic oxidation sites excluding steroid dienone is 1. The summed E-state index contributed by atoms with van der Waals surface area (Å²) in [6, 6.07) is 2.10. The molecule has 0 radical (unpaired) electrons. The van der Waals surface area contributed by atoms with E-state index in [1.54, 1.807) is 11.3 Å². The Balaban J connectivity index is 3.41. The van der Waals surface area contributed by atoms with Crippen molar-refractivity contribution in [1.82, 2.24) is 0 Å². The van der Waals surface area contributed by atoms with Crippen LogP contribution in [0, 0.1) is 0 Å². The summed E-state index contributed by atoms with van der Waals surface area (Å²) >= 11 is 1.75. The highest BCUT2D eigenvalue weighted by Gasteiger charge is 1.80. The van der Waals surface area contributed by atoms with Crippen LogP contribution < -0.4 is 9.75 Å². The first kappa shape index (κ1) is 7.29. The predicted octanol–water partition coefficient (Wildman–Crippen LogP) is 1.52. The number of rotatable bonds is 1. The maximum atomic E-state index is 3.65. The smallest absolute Gasteiger partial charge is 0.0300 e. The third-order valence-electron chi connectivity index (χ3n) is 1.29. The van der Waals surface area contributed by atoms with Crippen molar-refractivity contribution in [3.05, 3.63) is 33.9 Å². The van der Waals surface area contributed by atoms with Crippen LogP contribution in [0.5, 0.6) is 0 Å². The molecule has 0 unspecified atom stereocenters. The third kappa shape index (κ3) is 1.36. The Morgan fingerprint density at radius 3 is 3.00 bits per heavy atom. The van der Waals surface area contributed by atoms with Gasteiger partial charge < -0.3 is 0 Å². The fourth-order valence-corrected chi connectivity index (χ4v) is 1.60. The molecule has 0 aromatic carbocycles. The van der Waals surface area contributed by atoms with E-state index < -0.39 is 0 Å². The van der Waals surface area contributed by atoms with E-state index in [4.69, 9.17) is 0 Å². The van der Waals surface area contributed by atoms with Gasteiger partial charge in [-0.3, -0.25) is 0 Å². The highest BCUT2D eigenvalue weighted by molar-refractivity contribution is 7.07. The molecule has 0 bridgehead atoms. The van der Waals surface area contributed by atoms with Crippen LogP contribution in [-0.4, -0.2) is 0 Å². The summed E-state index contributed by atoms with van der Waals surface area (Å²) in [6.07, 6.45) is 5.95. The van der Waals surface area contributed by atoms with Crippen molar-refractivity contribution in [3.8, 4) is 0 Å². The Bertz CT molecular complexity index is 317. The molecule has 1 heterocycles. The Labute approximate surface area is 64.8 Å². The zero-order valence-corrected chi connectivity index (χ0v) is 6.82. The Morgan fingerprint density at radius 1 is 1.60 bits per heavy atom. The largest absolute Gasteiger partial charge is 0.144 e. The first-order chi connectivity index (χ1) is 4.88. The van der Waals surface area contributed by atoms with E-state index in [1.165, 1.54) is 9.75 Å². The van der Waals surface area contributed by atoms with Crippen LogP contribution in [-0.2, 0) is 0 Å². The molecule has 10 heavy (non-hydrogen) atoms. The number of hydrogen-bond acceptors (Lipinski definition) is 1. The summed E-state index contributed by atoms with van der Waals surface area (Å²) in [5.41, 5.74) is 0. The molecule has 0 amide bonds. The third-order valence-corrected chi connectivity index (χ3v) is 2.28. The zero-order chi connectivity index (χ0) is 7.40. The SMILES string of the molecule is C=C/C=c1/ccs/c1=C/C. The fourth-order valence-electron chi connectivity index (χ4n) is 0.830. The molecule has 0 N–H and O–H groups in total. The minimum atomic E-state index is 1.27. The van der Waals surface area contributed by atoms with E-state index in [2.05, 4.69) is 24.1 Å². The molecule has 0 saturated heterocycles. The second kappa shape index (κ2) is 3.37. The predicted molar refractivity (Wildman–Crippen MR) is 48.4 cm³/mol. The summed E-state index contributed by atoms with van der Waals surface area (Å²) in [7, 11) is 0. The Kier molecular flexibility index (Phi) is 2.46. The van der Waals surface area contributed by atoms with Gasteiger partial charge in [-0.1, -0.05) is 24.8 Å². The lowest BCUT2D eigenvalue weighted by Gasteiger charge is -1.72. The average molecular weight is 150 g/mol. The topological polar surface area (TPSA) is 0 Å². The molecule has 0 atom stereocenters. The van der Waals surface area contributed by atoms with Crippen LogP contribution in [0.4, 0.5) is 0 Å².